The van der Waals surface area contributed by atoms with Crippen molar-refractivity contribution in [3.63, 3.8) is 0 Å². The van der Waals surface area contributed by atoms with Gasteiger partial charge in [-0.05, 0) is 42.2 Å². The molecule has 0 fully saturated rings. The van der Waals surface area contributed by atoms with E-state index in [-0.39, 0.29) is 23.6 Å². The zero-order valence-electron chi connectivity index (χ0n) is 13.1. The molecule has 0 heterocycles. The van der Waals surface area contributed by atoms with Crippen molar-refractivity contribution in [2.45, 2.75) is 19.4 Å². The van der Waals surface area contributed by atoms with Crippen LogP contribution in [-0.4, -0.2) is 16.1 Å². The molecule has 3 N–H and O–H groups in total. The summed E-state index contributed by atoms with van der Waals surface area (Å²) in [6.07, 6.45) is 13.2. The number of carbonyl (C=O) groups is 1. The molecule has 1 aliphatic carbocycles. The highest BCUT2D eigenvalue weighted by Crippen LogP contribution is 2.24. The van der Waals surface area contributed by atoms with Gasteiger partial charge in [0.05, 0.1) is 0 Å². The van der Waals surface area contributed by atoms with E-state index in [2.05, 4.69) is 17.5 Å². The first kappa shape index (κ1) is 17.1. The standard InChI is InChI=1S/C19H18N2O3/c20-12-16(8-4-7-14-5-2-1-3-6-14)19(24)21-13-15-9-10-17(22)18(23)11-15/h2,4-11,22-23H,1,3,13H2,(H,21,24)/b7-4+,16-8+. The molecule has 1 amide bonds. The lowest BCUT2D eigenvalue weighted by Crippen LogP contribution is -2.23. The number of hydrogen-bond donors (Lipinski definition) is 3. The van der Waals surface area contributed by atoms with Crippen LogP contribution in [-0.2, 0) is 11.3 Å². The number of rotatable bonds is 5. The van der Waals surface area contributed by atoms with Gasteiger partial charge < -0.3 is 15.5 Å². The van der Waals surface area contributed by atoms with Gasteiger partial charge in [0, 0.05) is 6.54 Å². The Morgan fingerprint density at radius 1 is 1.29 bits per heavy atom. The van der Waals surface area contributed by atoms with E-state index < -0.39 is 5.91 Å². The molecule has 122 valence electrons. The maximum absolute atomic E-state index is 12.0. The van der Waals surface area contributed by atoms with Crippen molar-refractivity contribution in [1.82, 2.24) is 5.32 Å². The third kappa shape index (κ3) is 4.89. The van der Waals surface area contributed by atoms with E-state index in [0.29, 0.717) is 5.56 Å². The van der Waals surface area contributed by atoms with Crippen LogP contribution in [0.3, 0.4) is 0 Å². The van der Waals surface area contributed by atoms with Gasteiger partial charge in [-0.2, -0.15) is 5.26 Å². The van der Waals surface area contributed by atoms with E-state index in [0.717, 1.165) is 18.4 Å². The quantitative estimate of drug-likeness (QED) is 0.336. The Hall–Kier alpha value is -3.26. The highest BCUT2D eigenvalue weighted by atomic mass is 16.3. The minimum Gasteiger partial charge on any atom is -0.504 e. The summed E-state index contributed by atoms with van der Waals surface area (Å²) in [6, 6.07) is 6.14. The summed E-state index contributed by atoms with van der Waals surface area (Å²) in [5.41, 5.74) is 1.66. The second kappa shape index (κ2) is 8.39. The average Bonchev–Trinajstić information content (AvgIpc) is 2.60. The Bertz CT molecular complexity index is 780. The second-order valence-electron chi connectivity index (χ2n) is 5.24. The molecule has 0 unspecified atom stereocenters. The minimum atomic E-state index is -0.497. The number of nitrogens with zero attached hydrogens (tertiary/aromatic N) is 1. The predicted molar refractivity (Wildman–Crippen MR) is 90.9 cm³/mol. The third-order valence-electron chi connectivity index (χ3n) is 3.43. The summed E-state index contributed by atoms with van der Waals surface area (Å²) >= 11 is 0. The number of phenols is 2. The molecular formula is C19H18N2O3. The first-order valence-corrected chi connectivity index (χ1v) is 7.54. The number of amides is 1. The Balaban J connectivity index is 1.95. The Morgan fingerprint density at radius 2 is 2.12 bits per heavy atom. The van der Waals surface area contributed by atoms with E-state index in [9.17, 15) is 15.0 Å². The normalized spacial score (nSPS) is 14.3. The monoisotopic (exact) mass is 322 g/mol. The van der Waals surface area contributed by atoms with Crippen LogP contribution in [0.15, 0.2) is 65.8 Å². The van der Waals surface area contributed by atoms with E-state index in [4.69, 9.17) is 5.26 Å². The van der Waals surface area contributed by atoms with Crippen LogP contribution in [0, 0.1) is 11.3 Å². The van der Waals surface area contributed by atoms with E-state index in [1.165, 1.54) is 18.2 Å². The van der Waals surface area contributed by atoms with Crippen LogP contribution in [0.4, 0.5) is 0 Å². The van der Waals surface area contributed by atoms with Crippen molar-refractivity contribution in [2.24, 2.45) is 0 Å². The highest BCUT2D eigenvalue weighted by molar-refractivity contribution is 5.97. The average molecular weight is 322 g/mol. The fourth-order valence-electron chi connectivity index (χ4n) is 2.13. The highest BCUT2D eigenvalue weighted by Gasteiger charge is 2.08. The number of nitriles is 1. The molecule has 0 aromatic heterocycles. The zero-order chi connectivity index (χ0) is 17.4. The summed E-state index contributed by atoms with van der Waals surface area (Å²) in [4.78, 5) is 12.0. The van der Waals surface area contributed by atoms with Crippen molar-refractivity contribution >= 4 is 5.91 Å². The molecule has 0 saturated heterocycles. The fourth-order valence-corrected chi connectivity index (χ4v) is 2.13. The summed E-state index contributed by atoms with van der Waals surface area (Å²) in [6.45, 7) is 0.142. The Morgan fingerprint density at radius 3 is 2.79 bits per heavy atom. The number of hydrogen-bond acceptors (Lipinski definition) is 4. The van der Waals surface area contributed by atoms with Crippen LogP contribution in [0.25, 0.3) is 0 Å². The molecule has 0 bridgehead atoms. The summed E-state index contributed by atoms with van der Waals surface area (Å²) in [5.74, 6) is -0.976. The third-order valence-corrected chi connectivity index (χ3v) is 3.43. The fraction of sp³-hybridized carbons (Fsp3) is 0.158. The van der Waals surface area contributed by atoms with E-state index in [1.807, 2.05) is 18.2 Å². The molecule has 0 atom stereocenters. The van der Waals surface area contributed by atoms with Crippen LogP contribution < -0.4 is 5.32 Å². The molecular weight excluding hydrogens is 304 g/mol. The van der Waals surface area contributed by atoms with Crippen molar-refractivity contribution in [3.05, 3.63) is 71.4 Å². The van der Waals surface area contributed by atoms with Crippen LogP contribution >= 0.6 is 0 Å². The van der Waals surface area contributed by atoms with Gasteiger partial charge in [0.25, 0.3) is 5.91 Å². The number of phenolic OH excluding ortho intramolecular Hbond substituents is 2. The topological polar surface area (TPSA) is 93.4 Å². The van der Waals surface area contributed by atoms with Gasteiger partial charge in [-0.3, -0.25) is 4.79 Å². The van der Waals surface area contributed by atoms with Crippen molar-refractivity contribution < 1.29 is 15.0 Å². The van der Waals surface area contributed by atoms with Gasteiger partial charge in [0.2, 0.25) is 0 Å². The molecule has 1 aromatic carbocycles. The van der Waals surface area contributed by atoms with E-state index >= 15 is 0 Å². The Labute approximate surface area is 140 Å². The molecule has 2 rings (SSSR count). The molecule has 1 aliphatic rings. The van der Waals surface area contributed by atoms with Gasteiger partial charge in [0.1, 0.15) is 11.6 Å². The SMILES string of the molecule is N#C/C(=C\C=C\C1=CCCC=C1)C(=O)NCc1ccc(O)c(O)c1. The number of nitrogens with one attached hydrogen (secondary N) is 1. The number of allylic oxidation sites excluding steroid dienone is 7. The number of benzene rings is 1. The van der Waals surface area contributed by atoms with Gasteiger partial charge in [-0.15, -0.1) is 0 Å². The first-order chi connectivity index (χ1) is 11.6. The largest absolute Gasteiger partial charge is 0.504 e. The van der Waals surface area contributed by atoms with E-state index in [1.54, 1.807) is 12.1 Å². The lowest BCUT2D eigenvalue weighted by Gasteiger charge is -2.05. The van der Waals surface area contributed by atoms with Crippen molar-refractivity contribution in [3.8, 4) is 17.6 Å². The second-order valence-corrected chi connectivity index (χ2v) is 5.24. The summed E-state index contributed by atoms with van der Waals surface area (Å²) in [7, 11) is 0. The van der Waals surface area contributed by atoms with Gasteiger partial charge in [-0.1, -0.05) is 36.4 Å². The van der Waals surface area contributed by atoms with Gasteiger partial charge in [0.15, 0.2) is 11.5 Å². The summed E-state index contributed by atoms with van der Waals surface area (Å²) < 4.78 is 0. The molecule has 24 heavy (non-hydrogen) atoms. The molecule has 5 nitrogen and oxygen atoms in total. The first-order valence-electron chi connectivity index (χ1n) is 7.54. The van der Waals surface area contributed by atoms with Gasteiger partial charge in [-0.25, -0.2) is 0 Å². The van der Waals surface area contributed by atoms with Crippen molar-refractivity contribution in [1.29, 1.82) is 5.26 Å². The molecule has 0 spiro atoms. The molecule has 0 aliphatic heterocycles. The number of carbonyl (C=O) groups excluding carboxylic acids is 1. The molecule has 0 saturated carbocycles. The maximum atomic E-state index is 12.0. The maximum Gasteiger partial charge on any atom is 0.262 e. The van der Waals surface area contributed by atoms with Gasteiger partial charge >= 0.3 is 0 Å². The van der Waals surface area contributed by atoms with Crippen molar-refractivity contribution in [2.75, 3.05) is 0 Å². The van der Waals surface area contributed by atoms with Crippen LogP contribution in [0.5, 0.6) is 11.5 Å². The molecule has 0 radical (unpaired) electrons. The summed E-state index contributed by atoms with van der Waals surface area (Å²) in [5, 5.41) is 30.4. The predicted octanol–water partition coefficient (Wildman–Crippen LogP) is 3.00. The molecule has 5 heteroatoms. The lowest BCUT2D eigenvalue weighted by atomic mass is 10.1. The lowest BCUT2D eigenvalue weighted by molar-refractivity contribution is -0.117. The number of aromatic hydroxyl groups is 2. The Kier molecular flexibility index (Phi) is 5.98. The molecule has 1 aromatic rings. The zero-order valence-corrected chi connectivity index (χ0v) is 13.1. The van der Waals surface area contributed by atoms with Crippen LogP contribution in [0.1, 0.15) is 18.4 Å². The minimum absolute atomic E-state index is 0.00496. The smallest absolute Gasteiger partial charge is 0.262 e. The van der Waals surface area contributed by atoms with Crippen LogP contribution in [0.2, 0.25) is 0 Å².